The lowest BCUT2D eigenvalue weighted by Crippen LogP contribution is -2.31. The van der Waals surface area contributed by atoms with E-state index in [0.717, 1.165) is 0 Å². The zero-order valence-corrected chi connectivity index (χ0v) is 9.11. The third-order valence-corrected chi connectivity index (χ3v) is 2.84. The predicted octanol–water partition coefficient (Wildman–Crippen LogP) is 1.17. The summed E-state index contributed by atoms with van der Waals surface area (Å²) in [5, 5.41) is 7.58. The Labute approximate surface area is 98.0 Å². The van der Waals surface area contributed by atoms with Crippen LogP contribution in [0.2, 0.25) is 0 Å². The average Bonchev–Trinajstić information content (AvgIpc) is 2.86. The van der Waals surface area contributed by atoms with Crippen LogP contribution in [0.3, 0.4) is 0 Å². The molecule has 1 aliphatic heterocycles. The number of fused-ring (bicyclic) bond motifs is 1. The quantitative estimate of drug-likeness (QED) is 0.775. The van der Waals surface area contributed by atoms with E-state index in [4.69, 9.17) is 4.74 Å². The molecular weight excluding hydrogens is 218 g/mol. The van der Waals surface area contributed by atoms with Crippen molar-refractivity contribution in [2.75, 3.05) is 6.61 Å². The Hall–Kier alpha value is -2.17. The number of para-hydroxylation sites is 1. The Kier molecular flexibility index (Phi) is 2.36. The maximum atomic E-state index is 12.2. The first-order valence-corrected chi connectivity index (χ1v) is 5.45. The van der Waals surface area contributed by atoms with E-state index < -0.39 is 0 Å². The van der Waals surface area contributed by atoms with E-state index in [9.17, 15) is 4.79 Å². The zero-order valence-electron chi connectivity index (χ0n) is 9.11. The van der Waals surface area contributed by atoms with Gasteiger partial charge in [0, 0.05) is 6.20 Å². The first-order chi connectivity index (χ1) is 8.34. The van der Waals surface area contributed by atoms with Crippen LogP contribution in [-0.2, 0) is 6.54 Å². The molecule has 0 saturated carbocycles. The number of ketones is 1. The van der Waals surface area contributed by atoms with Crippen molar-refractivity contribution in [2.45, 2.75) is 6.54 Å². The minimum absolute atomic E-state index is 0.113. The monoisotopic (exact) mass is 229 g/mol. The summed E-state index contributed by atoms with van der Waals surface area (Å²) in [5.41, 5.74) is 0.656. The summed E-state index contributed by atoms with van der Waals surface area (Å²) in [6.45, 7) is 0.906. The van der Waals surface area contributed by atoms with Gasteiger partial charge in [0.25, 0.3) is 0 Å². The molecule has 1 atom stereocenters. The fourth-order valence-electron chi connectivity index (χ4n) is 1.97. The van der Waals surface area contributed by atoms with E-state index in [1.54, 1.807) is 23.1 Å². The lowest BCUT2D eigenvalue weighted by Gasteiger charge is -2.23. The highest BCUT2D eigenvalue weighted by molar-refractivity contribution is 6.01. The molecule has 0 fully saturated rings. The van der Waals surface area contributed by atoms with Crippen molar-refractivity contribution in [3.8, 4) is 5.75 Å². The van der Waals surface area contributed by atoms with Crippen molar-refractivity contribution in [1.82, 2.24) is 15.0 Å². The molecule has 0 saturated heterocycles. The molecule has 5 nitrogen and oxygen atoms in total. The van der Waals surface area contributed by atoms with Gasteiger partial charge >= 0.3 is 0 Å². The van der Waals surface area contributed by atoms with E-state index >= 15 is 0 Å². The van der Waals surface area contributed by atoms with Crippen molar-refractivity contribution in [1.29, 1.82) is 0 Å². The molecule has 1 aliphatic rings. The Morgan fingerprint density at radius 2 is 2.29 bits per heavy atom. The third kappa shape index (κ3) is 1.80. The first kappa shape index (κ1) is 10.0. The molecule has 2 aromatic rings. The van der Waals surface area contributed by atoms with Crippen molar-refractivity contribution in [2.24, 2.45) is 5.92 Å². The van der Waals surface area contributed by atoms with Gasteiger partial charge in [0.05, 0.1) is 24.2 Å². The lowest BCUT2D eigenvalue weighted by atomic mass is 9.95. The van der Waals surface area contributed by atoms with Gasteiger partial charge in [-0.15, -0.1) is 5.10 Å². The molecule has 0 N–H and O–H groups in total. The number of carbonyl (C=O) groups is 1. The third-order valence-electron chi connectivity index (χ3n) is 2.84. The van der Waals surface area contributed by atoms with E-state index in [-0.39, 0.29) is 11.7 Å². The van der Waals surface area contributed by atoms with Crippen LogP contribution in [-0.4, -0.2) is 27.4 Å². The van der Waals surface area contributed by atoms with Crippen molar-refractivity contribution >= 4 is 5.78 Å². The molecule has 1 aromatic carbocycles. The summed E-state index contributed by atoms with van der Waals surface area (Å²) in [4.78, 5) is 12.2. The van der Waals surface area contributed by atoms with E-state index in [1.807, 2.05) is 18.2 Å². The molecule has 2 heterocycles. The smallest absolute Gasteiger partial charge is 0.174 e. The number of nitrogens with zero attached hydrogens (tertiary/aromatic N) is 3. The molecule has 3 rings (SSSR count). The summed E-state index contributed by atoms with van der Waals surface area (Å²) in [6, 6.07) is 7.33. The second-order valence-corrected chi connectivity index (χ2v) is 3.99. The molecule has 17 heavy (non-hydrogen) atoms. The average molecular weight is 229 g/mol. The molecule has 0 radical (unpaired) electrons. The SMILES string of the molecule is O=C1c2ccccc2OCC1Cn1ccnn1. The Morgan fingerprint density at radius 1 is 1.41 bits per heavy atom. The number of ether oxygens (including phenoxy) is 1. The Morgan fingerprint density at radius 3 is 3.12 bits per heavy atom. The minimum atomic E-state index is -0.188. The molecule has 0 aliphatic carbocycles. The highest BCUT2D eigenvalue weighted by Crippen LogP contribution is 2.27. The van der Waals surface area contributed by atoms with Gasteiger partial charge < -0.3 is 4.74 Å². The van der Waals surface area contributed by atoms with Crippen molar-refractivity contribution in [3.63, 3.8) is 0 Å². The van der Waals surface area contributed by atoms with Crippen LogP contribution < -0.4 is 4.74 Å². The van der Waals surface area contributed by atoms with E-state index in [2.05, 4.69) is 10.3 Å². The molecule has 1 unspecified atom stereocenters. The van der Waals surface area contributed by atoms with Gasteiger partial charge in [0.1, 0.15) is 12.4 Å². The van der Waals surface area contributed by atoms with Gasteiger partial charge in [0.2, 0.25) is 0 Å². The van der Waals surface area contributed by atoms with Crippen LogP contribution in [0, 0.1) is 5.92 Å². The minimum Gasteiger partial charge on any atom is -0.492 e. The highest BCUT2D eigenvalue weighted by atomic mass is 16.5. The number of rotatable bonds is 2. The fourth-order valence-corrected chi connectivity index (χ4v) is 1.97. The second kappa shape index (κ2) is 4.01. The fraction of sp³-hybridized carbons (Fsp3) is 0.250. The summed E-state index contributed by atoms with van der Waals surface area (Å²) < 4.78 is 7.23. The van der Waals surface area contributed by atoms with Gasteiger partial charge in [0.15, 0.2) is 5.78 Å². The van der Waals surface area contributed by atoms with Gasteiger partial charge in [-0.3, -0.25) is 9.48 Å². The Bertz CT molecular complexity index is 536. The van der Waals surface area contributed by atoms with Crippen molar-refractivity contribution in [3.05, 3.63) is 42.2 Å². The number of carbonyl (C=O) groups excluding carboxylic acids is 1. The summed E-state index contributed by atoms with van der Waals surface area (Å²) in [6.07, 6.45) is 3.34. The number of aromatic nitrogens is 3. The van der Waals surface area contributed by atoms with Crippen LogP contribution in [0.15, 0.2) is 36.7 Å². The summed E-state index contributed by atoms with van der Waals surface area (Å²) in [7, 11) is 0. The maximum absolute atomic E-state index is 12.2. The summed E-state index contributed by atoms with van der Waals surface area (Å²) in [5.74, 6) is 0.598. The molecule has 5 heteroatoms. The molecular formula is C12H11N3O2. The van der Waals surface area contributed by atoms with Crippen LogP contribution in [0.5, 0.6) is 5.75 Å². The molecule has 0 spiro atoms. The number of Topliss-reactive ketones (excluding diaryl/α,β-unsaturated/α-hetero) is 1. The standard InChI is InChI=1S/C12H11N3O2/c16-12-9(7-15-6-5-13-14-15)8-17-11-4-2-1-3-10(11)12/h1-6,9H,7-8H2. The van der Waals surface area contributed by atoms with Gasteiger partial charge in [-0.05, 0) is 12.1 Å². The molecule has 86 valence electrons. The zero-order chi connectivity index (χ0) is 11.7. The van der Waals surface area contributed by atoms with Gasteiger partial charge in [-0.1, -0.05) is 17.3 Å². The summed E-state index contributed by atoms with van der Waals surface area (Å²) >= 11 is 0. The van der Waals surface area contributed by atoms with E-state index in [0.29, 0.717) is 24.5 Å². The van der Waals surface area contributed by atoms with Crippen molar-refractivity contribution < 1.29 is 9.53 Å². The molecule has 0 bridgehead atoms. The second-order valence-electron chi connectivity index (χ2n) is 3.99. The van der Waals surface area contributed by atoms with Crippen LogP contribution >= 0.6 is 0 Å². The topological polar surface area (TPSA) is 57.0 Å². The number of hydrogen-bond acceptors (Lipinski definition) is 4. The van der Waals surface area contributed by atoms with Crippen LogP contribution in [0.4, 0.5) is 0 Å². The predicted molar refractivity (Wildman–Crippen MR) is 59.8 cm³/mol. The molecule has 0 amide bonds. The highest BCUT2D eigenvalue weighted by Gasteiger charge is 2.28. The van der Waals surface area contributed by atoms with Gasteiger partial charge in [-0.2, -0.15) is 0 Å². The van der Waals surface area contributed by atoms with Crippen LogP contribution in [0.25, 0.3) is 0 Å². The number of benzene rings is 1. The van der Waals surface area contributed by atoms with Gasteiger partial charge in [-0.25, -0.2) is 0 Å². The first-order valence-electron chi connectivity index (χ1n) is 5.45. The van der Waals surface area contributed by atoms with Crippen LogP contribution in [0.1, 0.15) is 10.4 Å². The lowest BCUT2D eigenvalue weighted by molar-refractivity contribution is 0.0805. The normalized spacial score (nSPS) is 18.6. The largest absolute Gasteiger partial charge is 0.492 e. The number of hydrogen-bond donors (Lipinski definition) is 0. The maximum Gasteiger partial charge on any atom is 0.174 e. The molecule has 1 aromatic heterocycles. The Balaban J connectivity index is 1.84. The van der Waals surface area contributed by atoms with E-state index in [1.165, 1.54) is 0 Å².